The Balaban J connectivity index is 1.55. The maximum absolute atomic E-state index is 12.2. The summed E-state index contributed by atoms with van der Waals surface area (Å²) in [6, 6.07) is 6.92. The molecule has 1 aliphatic carbocycles. The molecule has 0 atom stereocenters. The van der Waals surface area contributed by atoms with Gasteiger partial charge in [0, 0.05) is 18.9 Å². The Labute approximate surface area is 149 Å². The van der Waals surface area contributed by atoms with Crippen molar-refractivity contribution in [2.45, 2.75) is 68.7 Å². The summed E-state index contributed by atoms with van der Waals surface area (Å²) in [5, 5.41) is 6.12. The average Bonchev–Trinajstić information content (AvgIpc) is 2.55. The van der Waals surface area contributed by atoms with Gasteiger partial charge in [0.1, 0.15) is 10.7 Å². The van der Waals surface area contributed by atoms with Crippen molar-refractivity contribution in [3.63, 3.8) is 0 Å². The van der Waals surface area contributed by atoms with Crippen LogP contribution in [0, 0.1) is 0 Å². The number of hydrogen-bond donors (Lipinski definition) is 2. The Morgan fingerprint density at radius 2 is 1.80 bits per heavy atom. The van der Waals surface area contributed by atoms with Gasteiger partial charge in [0.25, 0.3) is 10.0 Å². The Hall–Kier alpha value is -1.89. The van der Waals surface area contributed by atoms with Gasteiger partial charge < -0.3 is 10.6 Å². The van der Waals surface area contributed by atoms with Gasteiger partial charge in [-0.1, -0.05) is 44.2 Å². The monoisotopic (exact) mass is 363 g/mol. The zero-order valence-corrected chi connectivity index (χ0v) is 15.1. The van der Waals surface area contributed by atoms with Crippen LogP contribution in [0.2, 0.25) is 0 Å². The molecular weight excluding hydrogens is 338 g/mol. The molecule has 0 saturated heterocycles. The van der Waals surface area contributed by atoms with Gasteiger partial charge in [-0.05, 0) is 25.0 Å². The van der Waals surface area contributed by atoms with Crippen LogP contribution in [0.5, 0.6) is 0 Å². The van der Waals surface area contributed by atoms with Crippen LogP contribution in [0.25, 0.3) is 0 Å². The lowest BCUT2D eigenvalue weighted by molar-refractivity contribution is -0.121. The SMILES string of the molecule is O=C(CCC1=NS(=O)(=O)c2ccccc2N1)NC1CCCCCCC1. The van der Waals surface area contributed by atoms with Crippen molar-refractivity contribution in [2.75, 3.05) is 5.32 Å². The van der Waals surface area contributed by atoms with Gasteiger partial charge >= 0.3 is 0 Å². The van der Waals surface area contributed by atoms with Crippen LogP contribution in [0.4, 0.5) is 5.69 Å². The predicted octanol–water partition coefficient (Wildman–Crippen LogP) is 3.21. The number of nitrogens with one attached hydrogen (secondary N) is 2. The predicted molar refractivity (Wildman–Crippen MR) is 98.2 cm³/mol. The average molecular weight is 363 g/mol. The first-order chi connectivity index (χ1) is 12.0. The van der Waals surface area contributed by atoms with Crippen molar-refractivity contribution in [2.24, 2.45) is 4.40 Å². The highest BCUT2D eigenvalue weighted by Crippen LogP contribution is 2.27. The summed E-state index contributed by atoms with van der Waals surface area (Å²) >= 11 is 0. The minimum Gasteiger partial charge on any atom is -0.353 e. The summed E-state index contributed by atoms with van der Waals surface area (Å²) in [4.78, 5) is 12.4. The number of carbonyl (C=O) groups is 1. The molecule has 1 aromatic carbocycles. The second kappa shape index (κ2) is 7.99. The van der Waals surface area contributed by atoms with E-state index in [4.69, 9.17) is 0 Å². The molecular formula is C18H25N3O3S. The lowest BCUT2D eigenvalue weighted by Crippen LogP contribution is -2.35. The van der Waals surface area contributed by atoms with Crippen molar-refractivity contribution < 1.29 is 13.2 Å². The third-order valence-corrected chi connectivity index (χ3v) is 6.11. The summed E-state index contributed by atoms with van der Waals surface area (Å²) in [5.74, 6) is 0.290. The summed E-state index contributed by atoms with van der Waals surface area (Å²) in [6.07, 6.45) is 8.69. The number of amides is 1. The molecule has 6 nitrogen and oxygen atoms in total. The van der Waals surface area contributed by atoms with Crippen LogP contribution < -0.4 is 10.6 Å². The van der Waals surface area contributed by atoms with Gasteiger partial charge in [0.2, 0.25) is 5.91 Å². The van der Waals surface area contributed by atoms with Crippen molar-refractivity contribution in [1.82, 2.24) is 5.32 Å². The molecule has 1 saturated carbocycles. The van der Waals surface area contributed by atoms with E-state index in [0.717, 1.165) is 25.7 Å². The number of amidine groups is 1. The first-order valence-electron chi connectivity index (χ1n) is 9.04. The third kappa shape index (κ3) is 4.81. The quantitative estimate of drug-likeness (QED) is 0.860. The number of fused-ring (bicyclic) bond motifs is 1. The molecule has 136 valence electrons. The number of benzene rings is 1. The fourth-order valence-electron chi connectivity index (χ4n) is 3.41. The highest BCUT2D eigenvalue weighted by molar-refractivity contribution is 7.90. The molecule has 25 heavy (non-hydrogen) atoms. The van der Waals surface area contributed by atoms with E-state index in [9.17, 15) is 13.2 Å². The van der Waals surface area contributed by atoms with Crippen molar-refractivity contribution >= 4 is 27.5 Å². The molecule has 3 rings (SSSR count). The lowest BCUT2D eigenvalue weighted by Gasteiger charge is -2.21. The highest BCUT2D eigenvalue weighted by Gasteiger charge is 2.24. The van der Waals surface area contributed by atoms with Gasteiger partial charge in [0.05, 0.1) is 5.69 Å². The van der Waals surface area contributed by atoms with Crippen LogP contribution in [0.15, 0.2) is 33.6 Å². The third-order valence-electron chi connectivity index (χ3n) is 4.73. The molecule has 2 aliphatic rings. The zero-order valence-electron chi connectivity index (χ0n) is 14.3. The van der Waals surface area contributed by atoms with E-state index in [1.54, 1.807) is 18.2 Å². The van der Waals surface area contributed by atoms with Gasteiger partial charge in [0.15, 0.2) is 0 Å². The molecule has 1 heterocycles. The minimum absolute atomic E-state index is 0.0358. The summed E-state index contributed by atoms with van der Waals surface area (Å²) in [6.45, 7) is 0. The fourth-order valence-corrected chi connectivity index (χ4v) is 4.58. The van der Waals surface area contributed by atoms with E-state index in [1.807, 2.05) is 0 Å². The molecule has 0 spiro atoms. The molecule has 0 bridgehead atoms. The molecule has 1 fully saturated rings. The maximum atomic E-state index is 12.2. The van der Waals surface area contributed by atoms with E-state index < -0.39 is 10.0 Å². The molecule has 0 aromatic heterocycles. The van der Waals surface area contributed by atoms with Crippen LogP contribution in [0.3, 0.4) is 0 Å². The normalized spacial score (nSPS) is 20.4. The highest BCUT2D eigenvalue weighted by atomic mass is 32.2. The Bertz CT molecular complexity index is 751. The van der Waals surface area contributed by atoms with E-state index in [0.29, 0.717) is 11.5 Å². The molecule has 7 heteroatoms. The summed E-state index contributed by atoms with van der Waals surface area (Å²) < 4.78 is 28.2. The van der Waals surface area contributed by atoms with E-state index in [1.165, 1.54) is 25.3 Å². The van der Waals surface area contributed by atoms with Crippen molar-refractivity contribution in [3.8, 4) is 0 Å². The number of nitrogens with zero attached hydrogens (tertiary/aromatic N) is 1. The second-order valence-corrected chi connectivity index (χ2v) is 8.32. The van der Waals surface area contributed by atoms with E-state index in [2.05, 4.69) is 15.0 Å². The topological polar surface area (TPSA) is 87.6 Å². The Morgan fingerprint density at radius 1 is 1.12 bits per heavy atom. The van der Waals surface area contributed by atoms with Crippen molar-refractivity contribution in [1.29, 1.82) is 0 Å². The van der Waals surface area contributed by atoms with Gasteiger partial charge in [-0.15, -0.1) is 4.40 Å². The van der Waals surface area contributed by atoms with E-state index >= 15 is 0 Å². The number of anilines is 1. The number of carbonyl (C=O) groups excluding carboxylic acids is 1. The summed E-state index contributed by atoms with van der Waals surface area (Å²) in [5.41, 5.74) is 0.521. The fraction of sp³-hybridized carbons (Fsp3) is 0.556. The Kier molecular flexibility index (Phi) is 5.73. The molecule has 0 radical (unpaired) electrons. The molecule has 1 aliphatic heterocycles. The lowest BCUT2D eigenvalue weighted by atomic mass is 9.96. The van der Waals surface area contributed by atoms with Crippen LogP contribution in [0.1, 0.15) is 57.8 Å². The van der Waals surface area contributed by atoms with Gasteiger partial charge in [-0.25, -0.2) is 0 Å². The standard InChI is InChI=1S/C18H25N3O3S/c22-18(19-14-8-4-2-1-3-5-9-14)13-12-17-20-15-10-6-7-11-16(15)25(23,24)21-17/h6-7,10-11,14H,1-5,8-9,12-13H2,(H,19,22)(H,20,21). The number of sulfonamides is 1. The van der Waals surface area contributed by atoms with Crippen LogP contribution >= 0.6 is 0 Å². The second-order valence-electron chi connectivity index (χ2n) is 6.74. The first kappa shape index (κ1) is 17.9. The van der Waals surface area contributed by atoms with Crippen LogP contribution in [-0.2, 0) is 14.8 Å². The molecule has 1 amide bonds. The summed E-state index contributed by atoms with van der Waals surface area (Å²) in [7, 11) is -3.68. The number of hydrogen-bond acceptors (Lipinski definition) is 4. The number of rotatable bonds is 4. The molecule has 1 aromatic rings. The van der Waals surface area contributed by atoms with Gasteiger partial charge in [-0.2, -0.15) is 8.42 Å². The smallest absolute Gasteiger partial charge is 0.286 e. The van der Waals surface area contributed by atoms with E-state index in [-0.39, 0.29) is 29.7 Å². The largest absolute Gasteiger partial charge is 0.353 e. The minimum atomic E-state index is -3.68. The molecule has 0 unspecified atom stereocenters. The number of para-hydroxylation sites is 1. The maximum Gasteiger partial charge on any atom is 0.286 e. The zero-order chi connectivity index (χ0) is 17.7. The van der Waals surface area contributed by atoms with Crippen molar-refractivity contribution in [3.05, 3.63) is 24.3 Å². The Morgan fingerprint density at radius 3 is 2.56 bits per heavy atom. The van der Waals surface area contributed by atoms with Gasteiger partial charge in [-0.3, -0.25) is 4.79 Å². The van der Waals surface area contributed by atoms with Crippen LogP contribution in [-0.4, -0.2) is 26.2 Å². The molecule has 2 N–H and O–H groups in total. The first-order valence-corrected chi connectivity index (χ1v) is 10.5.